The van der Waals surface area contributed by atoms with Crippen molar-refractivity contribution in [3.05, 3.63) is 24.3 Å². The van der Waals surface area contributed by atoms with E-state index >= 15 is 0 Å². The van der Waals surface area contributed by atoms with Crippen LogP contribution in [0.3, 0.4) is 0 Å². The van der Waals surface area contributed by atoms with Crippen molar-refractivity contribution in [2.45, 2.75) is 58.4 Å². The van der Waals surface area contributed by atoms with Crippen LogP contribution < -0.4 is 0 Å². The van der Waals surface area contributed by atoms with Crippen LogP contribution in [0.4, 0.5) is 0 Å². The SMILES string of the molecule is C#C[C@H](C/C=C/C=C\C(=O)OCC)O[Si](C)(C)C(C)(C)C. The summed E-state index contributed by atoms with van der Waals surface area (Å²) in [7, 11) is -1.85. The zero-order chi connectivity index (χ0) is 16.5. The van der Waals surface area contributed by atoms with E-state index in [9.17, 15) is 4.79 Å². The molecule has 0 aliphatic rings. The van der Waals surface area contributed by atoms with Crippen molar-refractivity contribution < 1.29 is 14.0 Å². The van der Waals surface area contributed by atoms with Gasteiger partial charge in [0.05, 0.1) is 6.61 Å². The van der Waals surface area contributed by atoms with Gasteiger partial charge in [0.2, 0.25) is 0 Å². The highest BCUT2D eigenvalue weighted by molar-refractivity contribution is 6.74. The van der Waals surface area contributed by atoms with E-state index in [-0.39, 0.29) is 17.1 Å². The maximum atomic E-state index is 11.1. The second kappa shape index (κ2) is 8.86. The predicted molar refractivity (Wildman–Crippen MR) is 90.4 cm³/mol. The molecule has 0 aliphatic heterocycles. The maximum Gasteiger partial charge on any atom is 0.330 e. The fraction of sp³-hybridized carbons (Fsp3) is 0.588. The molecule has 21 heavy (non-hydrogen) atoms. The molecule has 0 aromatic heterocycles. The number of ether oxygens (including phenoxy) is 1. The Hall–Kier alpha value is -1.31. The van der Waals surface area contributed by atoms with E-state index in [1.807, 2.05) is 6.08 Å². The van der Waals surface area contributed by atoms with E-state index in [0.717, 1.165) is 0 Å². The number of allylic oxidation sites excluding steroid dienone is 2. The Kier molecular flexibility index (Phi) is 8.31. The molecule has 4 heteroatoms. The van der Waals surface area contributed by atoms with Crippen molar-refractivity contribution in [1.29, 1.82) is 0 Å². The van der Waals surface area contributed by atoms with Gasteiger partial charge in [-0.2, -0.15) is 0 Å². The summed E-state index contributed by atoms with van der Waals surface area (Å²) in [4.78, 5) is 11.1. The lowest BCUT2D eigenvalue weighted by molar-refractivity contribution is -0.137. The monoisotopic (exact) mass is 308 g/mol. The Labute approximate surface area is 130 Å². The van der Waals surface area contributed by atoms with E-state index in [1.54, 1.807) is 19.1 Å². The number of carbonyl (C=O) groups is 1. The summed E-state index contributed by atoms with van der Waals surface area (Å²) in [5.41, 5.74) is 0. The summed E-state index contributed by atoms with van der Waals surface area (Å²) in [6, 6.07) is 0. The van der Waals surface area contributed by atoms with Crippen LogP contribution in [0.25, 0.3) is 0 Å². The van der Waals surface area contributed by atoms with Crippen LogP contribution in [0.2, 0.25) is 18.1 Å². The van der Waals surface area contributed by atoms with Crippen LogP contribution >= 0.6 is 0 Å². The van der Waals surface area contributed by atoms with E-state index in [1.165, 1.54) is 6.08 Å². The largest absolute Gasteiger partial charge is 0.463 e. The topological polar surface area (TPSA) is 35.5 Å². The smallest absolute Gasteiger partial charge is 0.330 e. The van der Waals surface area contributed by atoms with E-state index in [0.29, 0.717) is 13.0 Å². The highest BCUT2D eigenvalue weighted by Gasteiger charge is 2.38. The second-order valence-corrected chi connectivity index (χ2v) is 11.1. The fourth-order valence-corrected chi connectivity index (χ4v) is 2.52. The van der Waals surface area contributed by atoms with Gasteiger partial charge in [-0.15, -0.1) is 6.42 Å². The first-order valence-corrected chi connectivity index (χ1v) is 10.2. The molecule has 0 unspecified atom stereocenters. The van der Waals surface area contributed by atoms with Gasteiger partial charge in [0, 0.05) is 12.5 Å². The van der Waals surface area contributed by atoms with Crippen molar-refractivity contribution >= 4 is 14.3 Å². The van der Waals surface area contributed by atoms with Crippen LogP contribution in [0, 0.1) is 12.3 Å². The van der Waals surface area contributed by atoms with Crippen molar-refractivity contribution in [3.8, 4) is 12.3 Å². The van der Waals surface area contributed by atoms with Crippen LogP contribution in [0.15, 0.2) is 24.3 Å². The fourth-order valence-electron chi connectivity index (χ4n) is 1.29. The van der Waals surface area contributed by atoms with Crippen molar-refractivity contribution in [2.24, 2.45) is 0 Å². The average Bonchev–Trinajstić information content (AvgIpc) is 2.35. The third-order valence-corrected chi connectivity index (χ3v) is 8.03. The summed E-state index contributed by atoms with van der Waals surface area (Å²) < 4.78 is 10.9. The van der Waals surface area contributed by atoms with Crippen molar-refractivity contribution in [2.75, 3.05) is 6.61 Å². The highest BCUT2D eigenvalue weighted by atomic mass is 28.4. The quantitative estimate of drug-likeness (QED) is 0.234. The molecule has 0 aliphatic carbocycles. The van der Waals surface area contributed by atoms with Gasteiger partial charge in [-0.05, 0) is 25.1 Å². The van der Waals surface area contributed by atoms with E-state index < -0.39 is 8.32 Å². The van der Waals surface area contributed by atoms with Crippen LogP contribution in [-0.4, -0.2) is 27.0 Å². The summed E-state index contributed by atoms with van der Waals surface area (Å²) >= 11 is 0. The van der Waals surface area contributed by atoms with E-state index in [2.05, 4.69) is 39.8 Å². The lowest BCUT2D eigenvalue weighted by Gasteiger charge is -2.37. The molecule has 0 spiro atoms. The van der Waals surface area contributed by atoms with Crippen molar-refractivity contribution in [1.82, 2.24) is 0 Å². The lowest BCUT2D eigenvalue weighted by atomic mass is 10.2. The Morgan fingerprint density at radius 2 is 1.95 bits per heavy atom. The van der Waals surface area contributed by atoms with Crippen LogP contribution in [-0.2, 0) is 14.0 Å². The summed E-state index contributed by atoms with van der Waals surface area (Å²) in [6.07, 6.45) is 12.7. The van der Waals surface area contributed by atoms with Crippen LogP contribution in [0.5, 0.6) is 0 Å². The Balaban J connectivity index is 4.42. The highest BCUT2D eigenvalue weighted by Crippen LogP contribution is 2.37. The number of terminal acetylenes is 1. The summed E-state index contributed by atoms with van der Waals surface area (Å²) in [5.74, 6) is 2.36. The molecule has 0 bridgehead atoms. The van der Waals surface area contributed by atoms with Gasteiger partial charge in [0.1, 0.15) is 6.10 Å². The number of rotatable bonds is 7. The molecule has 0 saturated heterocycles. The first-order valence-electron chi connectivity index (χ1n) is 7.28. The maximum absolute atomic E-state index is 11.1. The number of esters is 1. The van der Waals surface area contributed by atoms with Gasteiger partial charge in [-0.1, -0.05) is 44.9 Å². The number of hydrogen-bond donors (Lipinski definition) is 0. The predicted octanol–water partition coefficient (Wildman–Crippen LogP) is 4.08. The van der Waals surface area contributed by atoms with Gasteiger partial charge in [0.25, 0.3) is 0 Å². The average molecular weight is 308 g/mol. The third kappa shape index (κ3) is 7.89. The molecule has 0 aromatic rings. The molecular formula is C17H28O3Si. The molecule has 0 amide bonds. The molecule has 0 rings (SSSR count). The molecule has 0 aromatic carbocycles. The molecular weight excluding hydrogens is 280 g/mol. The van der Waals surface area contributed by atoms with Gasteiger partial charge in [-0.25, -0.2) is 4.79 Å². The molecule has 3 nitrogen and oxygen atoms in total. The van der Waals surface area contributed by atoms with Crippen LogP contribution in [0.1, 0.15) is 34.1 Å². The minimum Gasteiger partial charge on any atom is -0.463 e. The zero-order valence-corrected chi connectivity index (χ0v) is 15.1. The first kappa shape index (κ1) is 19.7. The van der Waals surface area contributed by atoms with Gasteiger partial charge >= 0.3 is 5.97 Å². The summed E-state index contributed by atoms with van der Waals surface area (Å²) in [5, 5.41) is 0.135. The first-order chi connectivity index (χ1) is 9.64. The molecule has 0 heterocycles. The molecule has 118 valence electrons. The third-order valence-electron chi connectivity index (χ3n) is 3.55. The minimum atomic E-state index is -1.85. The number of carbonyl (C=O) groups excluding carboxylic acids is 1. The standard InChI is InChI=1S/C17H28O3Si/c1-8-15(20-21(6,7)17(3,4)5)13-11-10-12-14-16(18)19-9-2/h1,10-12,14-15H,9,13H2,2-7H3/b11-10+,14-12-/t15-/m1/s1. The molecule has 0 N–H and O–H groups in total. The molecule has 0 radical (unpaired) electrons. The van der Waals surface area contributed by atoms with Gasteiger partial charge in [0.15, 0.2) is 8.32 Å². The Bertz CT molecular complexity index is 422. The van der Waals surface area contributed by atoms with Gasteiger partial charge in [-0.3, -0.25) is 0 Å². The Morgan fingerprint density at radius 3 is 2.43 bits per heavy atom. The molecule has 0 saturated carbocycles. The van der Waals surface area contributed by atoms with E-state index in [4.69, 9.17) is 15.6 Å². The lowest BCUT2D eigenvalue weighted by Crippen LogP contribution is -2.43. The minimum absolute atomic E-state index is 0.135. The molecule has 1 atom stereocenters. The summed E-state index contributed by atoms with van der Waals surface area (Å²) in [6.45, 7) is 13.1. The number of hydrogen-bond acceptors (Lipinski definition) is 3. The normalized spacial score (nSPS) is 14.3. The zero-order valence-electron chi connectivity index (χ0n) is 14.1. The second-order valence-electron chi connectivity index (χ2n) is 6.31. The Morgan fingerprint density at radius 1 is 1.33 bits per heavy atom. The molecule has 0 fully saturated rings. The van der Waals surface area contributed by atoms with Crippen molar-refractivity contribution in [3.63, 3.8) is 0 Å². The van der Waals surface area contributed by atoms with Gasteiger partial charge < -0.3 is 9.16 Å².